The number of nitrogens with one attached hydrogen (secondary N) is 2. The van der Waals surface area contributed by atoms with Crippen LogP contribution in [0.4, 0.5) is 10.5 Å². The first-order chi connectivity index (χ1) is 18.0. The summed E-state index contributed by atoms with van der Waals surface area (Å²) in [4.78, 5) is 69.9. The number of ketones is 1. The van der Waals surface area contributed by atoms with Gasteiger partial charge in [0.2, 0.25) is 11.7 Å². The first-order valence-corrected chi connectivity index (χ1v) is 12.7. The highest BCUT2D eigenvalue weighted by molar-refractivity contribution is 8.14. The summed E-state index contributed by atoms with van der Waals surface area (Å²) in [6.45, 7) is 3.52. The van der Waals surface area contributed by atoms with Gasteiger partial charge in [0.1, 0.15) is 18.1 Å². The van der Waals surface area contributed by atoms with Crippen LogP contribution in [-0.2, 0) is 20.9 Å². The topological polar surface area (TPSA) is 166 Å². The van der Waals surface area contributed by atoms with Crippen LogP contribution in [0.1, 0.15) is 13.8 Å². The first-order valence-electron chi connectivity index (χ1n) is 11.7. The molecule has 3 N–H and O–H groups in total. The minimum absolute atomic E-state index is 0.132. The zero-order valence-electron chi connectivity index (χ0n) is 21.4. The molecule has 1 fully saturated rings. The lowest BCUT2D eigenvalue weighted by molar-refractivity contribution is -0.140. The summed E-state index contributed by atoms with van der Waals surface area (Å²) in [5.41, 5.74) is 1.74. The highest BCUT2D eigenvalue weighted by Crippen LogP contribution is 2.18. The number of hydrogen-bond donors (Lipinski definition) is 3. The molecule has 1 aliphatic rings. The molecule has 0 radical (unpaired) electrons. The lowest BCUT2D eigenvalue weighted by Gasteiger charge is -2.22. The van der Waals surface area contributed by atoms with Gasteiger partial charge in [-0.15, -0.1) is 5.10 Å². The van der Waals surface area contributed by atoms with E-state index in [4.69, 9.17) is 0 Å². The molecule has 0 bridgehead atoms. The molecule has 13 nitrogen and oxygen atoms in total. The largest absolute Gasteiger partial charge is 0.465 e. The molecular weight excluding hydrogens is 514 g/mol. The minimum atomic E-state index is -1.38. The van der Waals surface area contributed by atoms with E-state index in [1.165, 1.54) is 18.8 Å². The molecule has 0 aliphatic carbocycles. The van der Waals surface area contributed by atoms with E-state index < -0.39 is 47.8 Å². The van der Waals surface area contributed by atoms with Gasteiger partial charge in [0.05, 0.1) is 12.2 Å². The van der Waals surface area contributed by atoms with Gasteiger partial charge in [0.25, 0.3) is 5.56 Å². The number of nitrogens with zero attached hydrogens (tertiary/aromatic N) is 5. The van der Waals surface area contributed by atoms with Crippen LogP contribution >= 0.6 is 11.8 Å². The first kappa shape index (κ1) is 28.4. The Hall–Kier alpha value is -4.20. The molecule has 2 aromatic rings. The standard InChI is InChI=1S/C24H29N7O6S/c1-14(2)18(19(33)21(34)27-28-23-29(3)10-11-38-23)26-17(32)13-31-20(15-8-6-5-7-9-15)25-12-16(22(31)35)30(4)24(36)37/h5-9,12,14,18H,10-11,13H2,1-4H3,(H,26,32)(H,27,34)(H,36,37)/b28-23-/t18-/m0/s1. The number of Topliss-reactive ketones (excluding diaryl/α,β-unsaturated/α-hetero) is 1. The van der Waals surface area contributed by atoms with Gasteiger partial charge >= 0.3 is 12.0 Å². The van der Waals surface area contributed by atoms with Crippen LogP contribution in [0.3, 0.4) is 0 Å². The Kier molecular flexibility index (Phi) is 9.23. The zero-order valence-corrected chi connectivity index (χ0v) is 22.2. The third-order valence-corrected chi connectivity index (χ3v) is 6.79. The Labute approximate surface area is 222 Å². The van der Waals surface area contributed by atoms with Crippen molar-refractivity contribution in [2.24, 2.45) is 11.0 Å². The molecule has 0 unspecified atom stereocenters. The molecule has 1 aromatic heterocycles. The van der Waals surface area contributed by atoms with Crippen molar-refractivity contribution in [1.82, 2.24) is 25.2 Å². The Balaban J connectivity index is 1.85. The van der Waals surface area contributed by atoms with Gasteiger partial charge in [0, 0.05) is 32.0 Å². The molecule has 1 aromatic carbocycles. The van der Waals surface area contributed by atoms with E-state index in [0.717, 1.165) is 23.1 Å². The molecule has 1 aliphatic heterocycles. The van der Waals surface area contributed by atoms with Crippen LogP contribution in [0.15, 0.2) is 46.4 Å². The lowest BCUT2D eigenvalue weighted by Crippen LogP contribution is -2.51. The number of benzene rings is 1. The normalized spacial score (nSPS) is 14.9. The summed E-state index contributed by atoms with van der Waals surface area (Å²) in [7, 11) is 3.00. The number of rotatable bonds is 9. The molecule has 14 heteroatoms. The van der Waals surface area contributed by atoms with E-state index in [1.807, 2.05) is 11.9 Å². The van der Waals surface area contributed by atoms with Gasteiger partial charge in [-0.05, 0) is 5.92 Å². The van der Waals surface area contributed by atoms with Crippen LogP contribution in [0, 0.1) is 5.92 Å². The number of hydrogen-bond acceptors (Lipinski definition) is 8. The molecule has 2 heterocycles. The van der Waals surface area contributed by atoms with Crippen molar-refractivity contribution in [2.45, 2.75) is 26.4 Å². The van der Waals surface area contributed by atoms with Crippen molar-refractivity contribution in [3.8, 4) is 11.4 Å². The summed E-state index contributed by atoms with van der Waals surface area (Å²) in [5.74, 6) is -2.12. The van der Waals surface area contributed by atoms with E-state index in [1.54, 1.807) is 44.2 Å². The third-order valence-electron chi connectivity index (χ3n) is 5.74. The van der Waals surface area contributed by atoms with E-state index in [0.29, 0.717) is 15.6 Å². The Morgan fingerprint density at radius 1 is 1.21 bits per heavy atom. The average molecular weight is 544 g/mol. The van der Waals surface area contributed by atoms with Crippen LogP contribution in [0.5, 0.6) is 0 Å². The van der Waals surface area contributed by atoms with Crippen molar-refractivity contribution in [3.63, 3.8) is 0 Å². The predicted molar refractivity (Wildman–Crippen MR) is 143 cm³/mol. The van der Waals surface area contributed by atoms with E-state index in [2.05, 4.69) is 20.8 Å². The number of carbonyl (C=O) groups excluding carboxylic acids is 3. The number of anilines is 1. The fourth-order valence-corrected chi connectivity index (χ4v) is 4.54. The van der Waals surface area contributed by atoms with Crippen LogP contribution < -0.4 is 21.2 Å². The summed E-state index contributed by atoms with van der Waals surface area (Å²) in [5, 5.41) is 16.4. The molecule has 202 valence electrons. The van der Waals surface area contributed by atoms with E-state index >= 15 is 0 Å². The zero-order chi connectivity index (χ0) is 28.0. The summed E-state index contributed by atoms with van der Waals surface area (Å²) >= 11 is 1.44. The Bertz CT molecular complexity index is 1310. The van der Waals surface area contributed by atoms with Gasteiger partial charge in [-0.1, -0.05) is 55.9 Å². The van der Waals surface area contributed by atoms with Gasteiger partial charge in [0.15, 0.2) is 5.17 Å². The van der Waals surface area contributed by atoms with Gasteiger partial charge < -0.3 is 15.3 Å². The monoisotopic (exact) mass is 543 g/mol. The maximum Gasteiger partial charge on any atom is 0.411 e. The highest BCUT2D eigenvalue weighted by Gasteiger charge is 2.30. The van der Waals surface area contributed by atoms with Crippen molar-refractivity contribution in [2.75, 3.05) is 31.3 Å². The number of carbonyl (C=O) groups is 4. The van der Waals surface area contributed by atoms with Crippen LogP contribution in [0.25, 0.3) is 11.4 Å². The molecule has 38 heavy (non-hydrogen) atoms. The minimum Gasteiger partial charge on any atom is -0.465 e. The second-order valence-corrected chi connectivity index (χ2v) is 9.89. The van der Waals surface area contributed by atoms with E-state index in [9.17, 15) is 29.1 Å². The quantitative estimate of drug-likeness (QED) is 0.306. The average Bonchev–Trinajstić information content (AvgIpc) is 3.30. The second kappa shape index (κ2) is 12.4. The van der Waals surface area contributed by atoms with Gasteiger partial charge in [-0.2, -0.15) is 0 Å². The number of carboxylic acid groups (broad SMARTS) is 1. The molecule has 1 saturated heterocycles. The number of thioether (sulfide) groups is 1. The Morgan fingerprint density at radius 2 is 1.89 bits per heavy atom. The van der Waals surface area contributed by atoms with Gasteiger partial charge in [-0.25, -0.2) is 15.2 Å². The van der Waals surface area contributed by atoms with E-state index in [-0.39, 0.29) is 11.5 Å². The summed E-state index contributed by atoms with van der Waals surface area (Å²) in [6.07, 6.45) is -0.255. The number of aromatic nitrogens is 2. The number of amidine groups is 1. The van der Waals surface area contributed by atoms with Crippen LogP contribution in [0.2, 0.25) is 0 Å². The molecule has 0 spiro atoms. The molecule has 3 rings (SSSR count). The summed E-state index contributed by atoms with van der Waals surface area (Å²) < 4.78 is 1.03. The van der Waals surface area contributed by atoms with Crippen molar-refractivity contribution in [1.29, 1.82) is 0 Å². The number of hydrazone groups is 1. The lowest BCUT2D eigenvalue weighted by atomic mass is 9.99. The fourth-order valence-electron chi connectivity index (χ4n) is 3.57. The number of amides is 3. The van der Waals surface area contributed by atoms with Gasteiger partial charge in [-0.3, -0.25) is 28.6 Å². The SMILES string of the molecule is CC(C)[C@H](NC(=O)Cn1c(-c2ccccc2)ncc(N(C)C(=O)O)c1=O)C(=O)C(=O)N/N=C1\SCCN1C. The fraction of sp³-hybridized carbons (Fsp3) is 0.375. The molecular formula is C24H29N7O6S. The maximum atomic E-state index is 13.2. The maximum absolute atomic E-state index is 13.2. The summed E-state index contributed by atoms with van der Waals surface area (Å²) in [6, 6.07) is 7.39. The van der Waals surface area contributed by atoms with Crippen molar-refractivity contribution >= 4 is 46.3 Å². The molecule has 0 saturated carbocycles. The smallest absolute Gasteiger partial charge is 0.411 e. The Morgan fingerprint density at radius 3 is 2.47 bits per heavy atom. The van der Waals surface area contributed by atoms with Crippen LogP contribution in [-0.4, -0.2) is 80.9 Å². The highest BCUT2D eigenvalue weighted by atomic mass is 32.2. The molecule has 1 atom stereocenters. The van der Waals surface area contributed by atoms with Crippen molar-refractivity contribution < 1.29 is 24.3 Å². The predicted octanol–water partition coefficient (Wildman–Crippen LogP) is 0.800. The second-order valence-electron chi connectivity index (χ2n) is 8.82. The van der Waals surface area contributed by atoms with Crippen molar-refractivity contribution in [3.05, 3.63) is 46.9 Å². The third kappa shape index (κ3) is 6.56. The molecule has 3 amide bonds.